The molecule has 1 heterocycles. The highest BCUT2D eigenvalue weighted by molar-refractivity contribution is 5.96. The summed E-state index contributed by atoms with van der Waals surface area (Å²) in [5, 5.41) is 5.46. The third kappa shape index (κ3) is 4.58. The predicted molar refractivity (Wildman–Crippen MR) is 78.3 cm³/mol. The minimum Gasteiger partial charge on any atom is -0.352 e. The van der Waals surface area contributed by atoms with Gasteiger partial charge >= 0.3 is 0 Å². The van der Waals surface area contributed by atoms with Crippen LogP contribution in [-0.2, 0) is 4.79 Å². The van der Waals surface area contributed by atoms with Gasteiger partial charge in [-0.15, -0.1) is 0 Å². The molecule has 2 amide bonds. The number of rotatable bonds is 4. The molecule has 1 atom stereocenters. The van der Waals surface area contributed by atoms with E-state index in [1.807, 2.05) is 0 Å². The molecule has 6 nitrogen and oxygen atoms in total. The van der Waals surface area contributed by atoms with Crippen molar-refractivity contribution in [3.63, 3.8) is 0 Å². The van der Waals surface area contributed by atoms with Gasteiger partial charge in [0, 0.05) is 17.8 Å². The Morgan fingerprint density at radius 2 is 2.24 bits per heavy atom. The highest BCUT2D eigenvalue weighted by atomic mass is 16.2. The summed E-state index contributed by atoms with van der Waals surface area (Å²) < 4.78 is 0. The molecule has 0 spiro atoms. The molecule has 6 heteroatoms. The second-order valence-electron chi connectivity index (χ2n) is 4.92. The lowest BCUT2D eigenvalue weighted by molar-refractivity contribution is -0.122. The first-order valence-electron chi connectivity index (χ1n) is 6.86. The molecular formula is C15H18N4O2. The van der Waals surface area contributed by atoms with Crippen LogP contribution in [0.5, 0.6) is 0 Å². The van der Waals surface area contributed by atoms with Gasteiger partial charge in [-0.05, 0) is 31.9 Å². The lowest BCUT2D eigenvalue weighted by atomic mass is 10.2. The molecule has 1 aliphatic rings. The largest absolute Gasteiger partial charge is 0.352 e. The topological polar surface area (TPSA) is 97.1 Å². The molecule has 0 saturated heterocycles. The number of nitrogens with one attached hydrogen (secondary N) is 2. The summed E-state index contributed by atoms with van der Waals surface area (Å²) >= 11 is 0. The molecule has 0 bridgehead atoms. The first-order chi connectivity index (χ1) is 10.1. The van der Waals surface area contributed by atoms with Gasteiger partial charge in [0.2, 0.25) is 5.91 Å². The van der Waals surface area contributed by atoms with Crippen LogP contribution < -0.4 is 16.4 Å². The van der Waals surface area contributed by atoms with E-state index in [1.54, 1.807) is 19.1 Å². The van der Waals surface area contributed by atoms with Gasteiger partial charge in [-0.25, -0.2) is 4.98 Å². The lowest BCUT2D eigenvalue weighted by Gasteiger charge is -2.13. The van der Waals surface area contributed by atoms with E-state index in [-0.39, 0.29) is 30.1 Å². The monoisotopic (exact) mass is 286 g/mol. The van der Waals surface area contributed by atoms with E-state index in [0.29, 0.717) is 5.56 Å². The van der Waals surface area contributed by atoms with Crippen LogP contribution in [0.1, 0.15) is 35.8 Å². The summed E-state index contributed by atoms with van der Waals surface area (Å²) in [5.74, 6) is 4.98. The summed E-state index contributed by atoms with van der Waals surface area (Å²) in [6.07, 6.45) is 3.53. The van der Waals surface area contributed by atoms with Crippen LogP contribution in [0.2, 0.25) is 0 Å². The number of aromatic nitrogens is 1. The molecule has 1 aliphatic carbocycles. The van der Waals surface area contributed by atoms with Crippen molar-refractivity contribution in [3.8, 4) is 11.8 Å². The van der Waals surface area contributed by atoms with Crippen molar-refractivity contribution in [3.05, 3.63) is 29.6 Å². The molecule has 21 heavy (non-hydrogen) atoms. The Hall–Kier alpha value is -2.39. The number of amides is 2. The number of nitrogens with zero attached hydrogens (tertiary/aromatic N) is 1. The van der Waals surface area contributed by atoms with Crippen LogP contribution >= 0.6 is 0 Å². The zero-order valence-corrected chi connectivity index (χ0v) is 11.8. The van der Waals surface area contributed by atoms with E-state index >= 15 is 0 Å². The Balaban J connectivity index is 1.91. The van der Waals surface area contributed by atoms with Crippen LogP contribution in [0, 0.1) is 11.8 Å². The van der Waals surface area contributed by atoms with E-state index in [4.69, 9.17) is 5.73 Å². The van der Waals surface area contributed by atoms with Crippen molar-refractivity contribution in [1.82, 2.24) is 15.6 Å². The van der Waals surface area contributed by atoms with Crippen LogP contribution in [0.3, 0.4) is 0 Å². The van der Waals surface area contributed by atoms with Gasteiger partial charge in [-0.2, -0.15) is 0 Å². The molecule has 110 valence electrons. The number of carbonyl (C=O) groups excluding carboxylic acids is 2. The standard InChI is InChI=1S/C15H18N4O2/c1-10(14(20)19-12-5-6-12)18-15(21)13-7-4-11(9-17-13)3-2-8-16/h4,7,9-10,12H,5-6,8,16H2,1H3,(H,18,21)(H,19,20). The molecule has 1 fully saturated rings. The summed E-state index contributed by atoms with van der Waals surface area (Å²) in [5.41, 5.74) is 6.22. The maximum absolute atomic E-state index is 12.0. The van der Waals surface area contributed by atoms with Gasteiger partial charge in [0.25, 0.3) is 5.91 Å². The van der Waals surface area contributed by atoms with Crippen molar-refractivity contribution in [2.75, 3.05) is 6.54 Å². The van der Waals surface area contributed by atoms with E-state index in [1.165, 1.54) is 6.20 Å². The highest BCUT2D eigenvalue weighted by Crippen LogP contribution is 2.18. The summed E-state index contributed by atoms with van der Waals surface area (Å²) in [7, 11) is 0. The smallest absolute Gasteiger partial charge is 0.270 e. The lowest BCUT2D eigenvalue weighted by Crippen LogP contribution is -2.45. The third-order valence-corrected chi connectivity index (χ3v) is 3.00. The van der Waals surface area contributed by atoms with Crippen LogP contribution in [-0.4, -0.2) is 35.4 Å². The fourth-order valence-corrected chi connectivity index (χ4v) is 1.65. The van der Waals surface area contributed by atoms with E-state index < -0.39 is 6.04 Å². The zero-order chi connectivity index (χ0) is 15.2. The number of hydrogen-bond donors (Lipinski definition) is 3. The van der Waals surface area contributed by atoms with Crippen molar-refractivity contribution in [1.29, 1.82) is 0 Å². The average Bonchev–Trinajstić information content (AvgIpc) is 3.29. The molecule has 0 aliphatic heterocycles. The highest BCUT2D eigenvalue weighted by Gasteiger charge is 2.26. The van der Waals surface area contributed by atoms with Crippen molar-refractivity contribution >= 4 is 11.8 Å². The van der Waals surface area contributed by atoms with E-state index in [0.717, 1.165) is 12.8 Å². The molecule has 1 unspecified atom stereocenters. The summed E-state index contributed by atoms with van der Waals surface area (Å²) in [6.45, 7) is 1.92. The maximum atomic E-state index is 12.0. The molecule has 1 aromatic rings. The molecule has 0 radical (unpaired) electrons. The van der Waals surface area contributed by atoms with Crippen molar-refractivity contribution in [2.45, 2.75) is 31.8 Å². The summed E-state index contributed by atoms with van der Waals surface area (Å²) in [4.78, 5) is 27.8. The van der Waals surface area contributed by atoms with Crippen LogP contribution in [0.25, 0.3) is 0 Å². The van der Waals surface area contributed by atoms with Gasteiger partial charge in [0.05, 0.1) is 6.54 Å². The minimum atomic E-state index is -0.586. The Morgan fingerprint density at radius 3 is 2.81 bits per heavy atom. The molecule has 4 N–H and O–H groups in total. The van der Waals surface area contributed by atoms with E-state index in [9.17, 15) is 9.59 Å². The number of hydrogen-bond acceptors (Lipinski definition) is 4. The van der Waals surface area contributed by atoms with Crippen molar-refractivity contribution < 1.29 is 9.59 Å². The van der Waals surface area contributed by atoms with Gasteiger partial charge in [-0.1, -0.05) is 11.8 Å². The quantitative estimate of drug-likeness (QED) is 0.667. The zero-order valence-electron chi connectivity index (χ0n) is 11.8. The number of pyridine rings is 1. The first kappa shape index (κ1) is 15.0. The third-order valence-electron chi connectivity index (χ3n) is 3.00. The Morgan fingerprint density at radius 1 is 1.48 bits per heavy atom. The normalized spacial score (nSPS) is 14.6. The Labute approximate surface area is 123 Å². The summed E-state index contributed by atoms with van der Waals surface area (Å²) in [6, 6.07) is 2.95. The fraction of sp³-hybridized carbons (Fsp3) is 0.400. The van der Waals surface area contributed by atoms with Gasteiger partial charge < -0.3 is 16.4 Å². The molecule has 2 rings (SSSR count). The maximum Gasteiger partial charge on any atom is 0.270 e. The Bertz CT molecular complexity index is 582. The second kappa shape index (κ2) is 6.86. The minimum absolute atomic E-state index is 0.170. The fourth-order valence-electron chi connectivity index (χ4n) is 1.65. The van der Waals surface area contributed by atoms with Crippen LogP contribution in [0.4, 0.5) is 0 Å². The van der Waals surface area contributed by atoms with Crippen molar-refractivity contribution in [2.24, 2.45) is 5.73 Å². The molecular weight excluding hydrogens is 268 g/mol. The molecule has 0 aromatic carbocycles. The number of carbonyl (C=O) groups is 2. The predicted octanol–water partition coefficient (Wildman–Crippen LogP) is -0.211. The van der Waals surface area contributed by atoms with Gasteiger partial charge in [0.1, 0.15) is 11.7 Å². The van der Waals surface area contributed by atoms with Gasteiger partial charge in [0.15, 0.2) is 0 Å². The second-order valence-corrected chi connectivity index (χ2v) is 4.92. The van der Waals surface area contributed by atoms with Crippen LogP contribution in [0.15, 0.2) is 18.3 Å². The first-order valence-corrected chi connectivity index (χ1v) is 6.86. The molecule has 1 saturated carbocycles. The van der Waals surface area contributed by atoms with Gasteiger partial charge in [-0.3, -0.25) is 9.59 Å². The molecule has 1 aromatic heterocycles. The van der Waals surface area contributed by atoms with E-state index in [2.05, 4.69) is 27.5 Å². The average molecular weight is 286 g/mol. The Kier molecular flexibility index (Phi) is 4.90. The SMILES string of the molecule is CC(NC(=O)c1ccc(C#CCN)cn1)C(=O)NC1CC1. The number of nitrogens with two attached hydrogens (primary N) is 1.